The minimum absolute atomic E-state index is 0.0340. The number of carbonyl (C=O) groups is 2. The lowest BCUT2D eigenvalue weighted by atomic mass is 10.0. The predicted molar refractivity (Wildman–Crippen MR) is 127 cm³/mol. The molecule has 8 nitrogen and oxygen atoms in total. The smallest absolute Gasteiger partial charge is 0.504 e. The third kappa shape index (κ3) is 4.87. The Kier molecular flexibility index (Phi) is 6.18. The topological polar surface area (TPSA) is 106 Å². The van der Waals surface area contributed by atoms with Crippen molar-refractivity contribution in [2.24, 2.45) is 0 Å². The number of hydrogen-bond donors (Lipinski definition) is 2. The van der Waals surface area contributed by atoms with Crippen LogP contribution in [-0.2, 0) is 6.54 Å². The van der Waals surface area contributed by atoms with Crippen LogP contribution < -0.4 is 14.2 Å². The zero-order chi connectivity index (χ0) is 24.4. The number of benzene rings is 3. The Bertz CT molecular complexity index is 1250. The van der Waals surface area contributed by atoms with Crippen LogP contribution in [0.5, 0.6) is 23.0 Å². The van der Waals surface area contributed by atoms with Gasteiger partial charge in [-0.15, -0.1) is 0 Å². The van der Waals surface area contributed by atoms with Crippen molar-refractivity contribution >= 4 is 12.1 Å². The molecule has 1 aliphatic heterocycles. The van der Waals surface area contributed by atoms with Gasteiger partial charge in [-0.2, -0.15) is 0 Å². The van der Waals surface area contributed by atoms with Crippen LogP contribution >= 0.6 is 0 Å². The van der Waals surface area contributed by atoms with Crippen LogP contribution in [0.4, 0.5) is 4.79 Å². The largest absolute Gasteiger partial charge is 0.511 e. The number of hydrogen-bond acceptors (Lipinski definition) is 6. The van der Waals surface area contributed by atoms with E-state index in [0.717, 1.165) is 36.8 Å². The molecule has 180 valence electrons. The van der Waals surface area contributed by atoms with Gasteiger partial charge >= 0.3 is 6.16 Å². The zero-order valence-corrected chi connectivity index (χ0v) is 19.0. The van der Waals surface area contributed by atoms with E-state index in [0.29, 0.717) is 29.2 Å². The standard InChI is InChI=1S/C27H25NO7/c29-22-11-9-19(13-24(22)35-27(31)32)18-7-5-17(6-8-18)15-28(21-3-1-2-4-21)26(30)20-10-12-23-25(14-20)34-16-33-23/h5-14,21,29H,1-4,15-16H2,(H,31,32). The molecular weight excluding hydrogens is 450 g/mol. The Morgan fingerprint density at radius 3 is 2.37 bits per heavy atom. The van der Waals surface area contributed by atoms with E-state index in [1.807, 2.05) is 29.2 Å². The summed E-state index contributed by atoms with van der Waals surface area (Å²) in [5.41, 5.74) is 3.09. The van der Waals surface area contributed by atoms with Gasteiger partial charge in [-0.05, 0) is 59.9 Å². The van der Waals surface area contributed by atoms with Crippen molar-refractivity contribution in [1.82, 2.24) is 4.90 Å². The number of rotatable bonds is 6. The van der Waals surface area contributed by atoms with Crippen LogP contribution in [0.2, 0.25) is 0 Å². The predicted octanol–water partition coefficient (Wildman–Crippen LogP) is 5.43. The molecule has 1 fully saturated rings. The molecule has 1 aliphatic carbocycles. The van der Waals surface area contributed by atoms with E-state index in [1.54, 1.807) is 24.3 Å². The van der Waals surface area contributed by atoms with Gasteiger partial charge in [0, 0.05) is 18.2 Å². The fraction of sp³-hybridized carbons (Fsp3) is 0.259. The van der Waals surface area contributed by atoms with Gasteiger partial charge in [0.05, 0.1) is 0 Å². The van der Waals surface area contributed by atoms with Gasteiger partial charge < -0.3 is 29.3 Å². The fourth-order valence-corrected chi connectivity index (χ4v) is 4.65. The van der Waals surface area contributed by atoms with Gasteiger partial charge in [-0.1, -0.05) is 43.2 Å². The fourth-order valence-electron chi connectivity index (χ4n) is 4.65. The molecule has 5 rings (SSSR count). The lowest BCUT2D eigenvalue weighted by Crippen LogP contribution is -2.38. The first-order valence-corrected chi connectivity index (χ1v) is 11.5. The highest BCUT2D eigenvalue weighted by Gasteiger charge is 2.28. The summed E-state index contributed by atoms with van der Waals surface area (Å²) >= 11 is 0. The molecule has 0 unspecified atom stereocenters. The second-order valence-electron chi connectivity index (χ2n) is 8.69. The minimum Gasteiger partial charge on any atom is -0.504 e. The normalized spacial score (nSPS) is 14.6. The Balaban J connectivity index is 1.37. The summed E-state index contributed by atoms with van der Waals surface area (Å²) in [7, 11) is 0. The third-order valence-corrected chi connectivity index (χ3v) is 6.44. The number of carbonyl (C=O) groups excluding carboxylic acids is 1. The number of fused-ring (bicyclic) bond motifs is 1. The third-order valence-electron chi connectivity index (χ3n) is 6.44. The molecule has 0 aromatic heterocycles. The van der Waals surface area contributed by atoms with Gasteiger partial charge in [0.25, 0.3) is 5.91 Å². The Morgan fingerprint density at radius 2 is 1.63 bits per heavy atom. The van der Waals surface area contributed by atoms with Gasteiger partial charge in [0.15, 0.2) is 23.0 Å². The van der Waals surface area contributed by atoms with Crippen molar-refractivity contribution in [1.29, 1.82) is 0 Å². The molecule has 3 aromatic rings. The lowest BCUT2D eigenvalue weighted by Gasteiger charge is -2.29. The van der Waals surface area contributed by atoms with E-state index in [-0.39, 0.29) is 30.2 Å². The average molecular weight is 475 g/mol. The van der Waals surface area contributed by atoms with Gasteiger partial charge in [-0.3, -0.25) is 4.79 Å². The summed E-state index contributed by atoms with van der Waals surface area (Å²) in [6.45, 7) is 0.637. The summed E-state index contributed by atoms with van der Waals surface area (Å²) in [6.07, 6.45) is 2.68. The summed E-state index contributed by atoms with van der Waals surface area (Å²) in [5, 5.41) is 18.7. The van der Waals surface area contributed by atoms with E-state index in [2.05, 4.69) is 4.74 Å². The Hall–Kier alpha value is -4.20. The summed E-state index contributed by atoms with van der Waals surface area (Å²) in [6, 6.07) is 17.8. The highest BCUT2D eigenvalue weighted by atomic mass is 16.7. The molecule has 1 heterocycles. The van der Waals surface area contributed by atoms with Crippen LogP contribution in [0.3, 0.4) is 0 Å². The van der Waals surface area contributed by atoms with E-state index < -0.39 is 6.16 Å². The molecule has 0 atom stereocenters. The van der Waals surface area contributed by atoms with Crippen molar-refractivity contribution in [2.45, 2.75) is 38.3 Å². The first-order valence-electron chi connectivity index (χ1n) is 11.5. The summed E-state index contributed by atoms with van der Waals surface area (Å²) < 4.78 is 15.5. The molecule has 8 heteroatoms. The van der Waals surface area contributed by atoms with Crippen molar-refractivity contribution in [3.63, 3.8) is 0 Å². The number of amides is 1. The minimum atomic E-state index is -1.49. The van der Waals surface area contributed by atoms with Crippen molar-refractivity contribution < 1.29 is 34.0 Å². The van der Waals surface area contributed by atoms with Crippen molar-refractivity contribution in [3.8, 4) is 34.1 Å². The molecule has 0 saturated heterocycles. The van der Waals surface area contributed by atoms with E-state index in [1.165, 1.54) is 12.1 Å². The van der Waals surface area contributed by atoms with Gasteiger partial charge in [0.2, 0.25) is 6.79 Å². The van der Waals surface area contributed by atoms with E-state index in [4.69, 9.17) is 14.6 Å². The van der Waals surface area contributed by atoms with Crippen LogP contribution in [0.1, 0.15) is 41.6 Å². The average Bonchev–Trinajstić information content (AvgIpc) is 3.55. The highest BCUT2D eigenvalue weighted by Crippen LogP contribution is 2.35. The first kappa shape index (κ1) is 22.6. The maximum Gasteiger partial charge on any atom is 0.511 e. The number of carboxylic acid groups (broad SMARTS) is 1. The molecule has 0 spiro atoms. The first-order chi connectivity index (χ1) is 17.0. The van der Waals surface area contributed by atoms with Crippen molar-refractivity contribution in [3.05, 3.63) is 71.8 Å². The number of ether oxygens (including phenoxy) is 3. The van der Waals surface area contributed by atoms with E-state index >= 15 is 0 Å². The van der Waals surface area contributed by atoms with Gasteiger partial charge in [-0.25, -0.2) is 4.79 Å². The summed E-state index contributed by atoms with van der Waals surface area (Å²) in [5.74, 6) is 0.832. The Labute approximate surface area is 202 Å². The molecule has 2 N–H and O–H groups in total. The second kappa shape index (κ2) is 9.58. The van der Waals surface area contributed by atoms with Crippen LogP contribution in [-0.4, -0.2) is 40.0 Å². The number of phenolic OH excluding ortho intramolecular Hbond substituents is 1. The lowest BCUT2D eigenvalue weighted by molar-refractivity contribution is 0.0664. The quantitative estimate of drug-likeness (QED) is 0.362. The molecule has 1 amide bonds. The monoisotopic (exact) mass is 475 g/mol. The molecule has 35 heavy (non-hydrogen) atoms. The summed E-state index contributed by atoms with van der Waals surface area (Å²) in [4.78, 5) is 26.3. The maximum atomic E-state index is 13.5. The molecule has 2 aliphatic rings. The maximum absolute atomic E-state index is 13.5. The SMILES string of the molecule is O=C(O)Oc1cc(-c2ccc(CN(C(=O)c3ccc4c(c3)OCO4)C3CCCC3)cc2)ccc1O. The second-order valence-corrected chi connectivity index (χ2v) is 8.69. The van der Waals surface area contributed by atoms with Crippen LogP contribution in [0.15, 0.2) is 60.7 Å². The number of phenols is 1. The Morgan fingerprint density at radius 1 is 0.914 bits per heavy atom. The van der Waals surface area contributed by atoms with Gasteiger partial charge in [0.1, 0.15) is 0 Å². The molecule has 1 saturated carbocycles. The molecule has 3 aromatic carbocycles. The van der Waals surface area contributed by atoms with E-state index in [9.17, 15) is 14.7 Å². The molecule has 0 bridgehead atoms. The van der Waals surface area contributed by atoms with Crippen LogP contribution in [0.25, 0.3) is 11.1 Å². The zero-order valence-electron chi connectivity index (χ0n) is 19.0. The molecular formula is C27H25NO7. The molecule has 0 radical (unpaired) electrons. The highest BCUT2D eigenvalue weighted by molar-refractivity contribution is 5.95. The van der Waals surface area contributed by atoms with Crippen molar-refractivity contribution in [2.75, 3.05) is 6.79 Å². The number of aromatic hydroxyl groups is 1. The number of nitrogens with zero attached hydrogens (tertiary/aromatic N) is 1. The van der Waals surface area contributed by atoms with Crippen LogP contribution in [0, 0.1) is 0 Å².